The van der Waals surface area contributed by atoms with Crippen LogP contribution in [0.4, 0.5) is 0 Å². The van der Waals surface area contributed by atoms with E-state index in [2.05, 4.69) is 35.3 Å². The van der Waals surface area contributed by atoms with E-state index in [9.17, 15) is 0 Å². The predicted molar refractivity (Wildman–Crippen MR) is 78.9 cm³/mol. The first-order valence-electron chi connectivity index (χ1n) is 6.96. The van der Waals surface area contributed by atoms with Crippen LogP contribution in [0.15, 0.2) is 24.5 Å². The first kappa shape index (κ1) is 14.5. The van der Waals surface area contributed by atoms with Crippen LogP contribution in [0.3, 0.4) is 0 Å². The fraction of sp³-hybridized carbons (Fsp3) is 0.467. The number of hydrogen-bond donors (Lipinski definition) is 1. The quantitative estimate of drug-likeness (QED) is 0.878. The van der Waals surface area contributed by atoms with Crippen molar-refractivity contribution in [1.29, 1.82) is 0 Å². The zero-order chi connectivity index (χ0) is 14.5. The molecule has 0 radical (unpaired) electrons. The van der Waals surface area contributed by atoms with Crippen LogP contribution in [0.5, 0.6) is 5.75 Å². The van der Waals surface area contributed by atoms with E-state index in [1.165, 1.54) is 0 Å². The molecule has 1 atom stereocenters. The molecule has 2 heterocycles. The van der Waals surface area contributed by atoms with Gasteiger partial charge >= 0.3 is 0 Å². The summed E-state index contributed by atoms with van der Waals surface area (Å²) in [6, 6.07) is 4.16. The van der Waals surface area contributed by atoms with Gasteiger partial charge in [-0.15, -0.1) is 0 Å². The summed E-state index contributed by atoms with van der Waals surface area (Å²) in [6.07, 6.45) is 3.68. The van der Waals surface area contributed by atoms with Gasteiger partial charge in [-0.05, 0) is 32.0 Å². The van der Waals surface area contributed by atoms with Gasteiger partial charge in [0, 0.05) is 18.4 Å². The fourth-order valence-corrected chi connectivity index (χ4v) is 2.30. The van der Waals surface area contributed by atoms with Crippen molar-refractivity contribution in [3.8, 4) is 5.75 Å². The maximum absolute atomic E-state index is 5.46. The summed E-state index contributed by atoms with van der Waals surface area (Å²) in [5.74, 6) is 0.804. The number of ether oxygens (including phenoxy) is 1. The van der Waals surface area contributed by atoms with Gasteiger partial charge in [0.1, 0.15) is 5.69 Å². The summed E-state index contributed by atoms with van der Waals surface area (Å²) in [5, 5.41) is 7.87. The molecule has 0 spiro atoms. The van der Waals surface area contributed by atoms with Gasteiger partial charge in [-0.25, -0.2) is 0 Å². The van der Waals surface area contributed by atoms with Crippen LogP contribution in [0.2, 0.25) is 0 Å². The molecule has 0 amide bonds. The molecular weight excluding hydrogens is 252 g/mol. The highest BCUT2D eigenvalue weighted by Gasteiger charge is 2.22. The molecule has 0 saturated heterocycles. The van der Waals surface area contributed by atoms with Gasteiger partial charge in [-0.3, -0.25) is 9.67 Å². The topological polar surface area (TPSA) is 52.0 Å². The average molecular weight is 274 g/mol. The lowest BCUT2D eigenvalue weighted by molar-refractivity contribution is 0.399. The summed E-state index contributed by atoms with van der Waals surface area (Å²) < 4.78 is 7.42. The Kier molecular flexibility index (Phi) is 4.74. The molecule has 5 nitrogen and oxygen atoms in total. The molecule has 2 aromatic rings. The van der Waals surface area contributed by atoms with Crippen LogP contribution in [-0.4, -0.2) is 28.4 Å². The molecule has 0 aromatic carbocycles. The van der Waals surface area contributed by atoms with Crippen LogP contribution in [-0.2, 0) is 6.54 Å². The second kappa shape index (κ2) is 6.52. The minimum Gasteiger partial charge on any atom is -0.493 e. The standard InChI is InChI=1S/C15H22N4O/c1-5-16-14(12-8-7-11(3)17-9-12)15-13(20-4)10-18-19(15)6-2/h7-10,14,16H,5-6H2,1-4H3. The van der Waals surface area contributed by atoms with E-state index in [1.807, 2.05) is 23.9 Å². The SMILES string of the molecule is CCNC(c1ccc(C)nc1)c1c(OC)cnn1CC. The third-order valence-corrected chi connectivity index (χ3v) is 3.31. The minimum absolute atomic E-state index is 0.0329. The van der Waals surface area contributed by atoms with Gasteiger partial charge in [0.25, 0.3) is 0 Å². The lowest BCUT2D eigenvalue weighted by Gasteiger charge is -2.20. The number of rotatable bonds is 6. The van der Waals surface area contributed by atoms with E-state index < -0.39 is 0 Å². The van der Waals surface area contributed by atoms with Crippen molar-refractivity contribution < 1.29 is 4.74 Å². The molecule has 0 bridgehead atoms. The van der Waals surface area contributed by atoms with E-state index in [4.69, 9.17) is 4.74 Å². The molecule has 2 aromatic heterocycles. The second-order valence-corrected chi connectivity index (χ2v) is 4.64. The molecular formula is C15H22N4O. The third-order valence-electron chi connectivity index (χ3n) is 3.31. The van der Waals surface area contributed by atoms with Crippen molar-refractivity contribution in [3.63, 3.8) is 0 Å². The molecule has 108 valence electrons. The lowest BCUT2D eigenvalue weighted by Crippen LogP contribution is -2.25. The highest BCUT2D eigenvalue weighted by molar-refractivity contribution is 5.35. The number of nitrogens with one attached hydrogen (secondary N) is 1. The van der Waals surface area contributed by atoms with E-state index in [1.54, 1.807) is 13.3 Å². The minimum atomic E-state index is 0.0329. The van der Waals surface area contributed by atoms with E-state index in [0.29, 0.717) is 0 Å². The predicted octanol–water partition coefficient (Wildman–Crippen LogP) is 2.31. The summed E-state index contributed by atoms with van der Waals surface area (Å²) in [6.45, 7) is 7.82. The zero-order valence-electron chi connectivity index (χ0n) is 12.6. The first-order valence-corrected chi connectivity index (χ1v) is 6.96. The lowest BCUT2D eigenvalue weighted by atomic mass is 10.0. The molecule has 0 aliphatic heterocycles. The fourth-order valence-electron chi connectivity index (χ4n) is 2.30. The Hall–Kier alpha value is -1.88. The zero-order valence-corrected chi connectivity index (χ0v) is 12.6. The van der Waals surface area contributed by atoms with Gasteiger partial charge < -0.3 is 10.1 Å². The number of aromatic nitrogens is 3. The molecule has 0 aliphatic rings. The van der Waals surface area contributed by atoms with Crippen LogP contribution >= 0.6 is 0 Å². The Bertz CT molecular complexity index is 526. The maximum atomic E-state index is 5.46. The molecule has 0 fully saturated rings. The van der Waals surface area contributed by atoms with Crippen molar-refractivity contribution in [2.45, 2.75) is 33.4 Å². The summed E-state index contributed by atoms with van der Waals surface area (Å²) in [5.41, 5.74) is 3.17. The number of methoxy groups -OCH3 is 1. The number of hydrogen-bond acceptors (Lipinski definition) is 4. The van der Waals surface area contributed by atoms with Gasteiger partial charge in [0.15, 0.2) is 5.75 Å². The molecule has 5 heteroatoms. The normalized spacial score (nSPS) is 12.4. The Morgan fingerprint density at radius 3 is 2.65 bits per heavy atom. The Morgan fingerprint density at radius 1 is 1.30 bits per heavy atom. The molecule has 0 aliphatic carbocycles. The molecule has 0 saturated carbocycles. The van der Waals surface area contributed by atoms with E-state index >= 15 is 0 Å². The average Bonchev–Trinajstić information content (AvgIpc) is 2.88. The van der Waals surface area contributed by atoms with Crippen molar-refractivity contribution in [2.75, 3.05) is 13.7 Å². The van der Waals surface area contributed by atoms with Crippen molar-refractivity contribution >= 4 is 0 Å². The Balaban J connectivity index is 2.47. The molecule has 1 unspecified atom stereocenters. The van der Waals surface area contributed by atoms with Crippen molar-refractivity contribution in [2.24, 2.45) is 0 Å². The van der Waals surface area contributed by atoms with Gasteiger partial charge in [0.2, 0.25) is 0 Å². The molecule has 2 rings (SSSR count). The van der Waals surface area contributed by atoms with Crippen LogP contribution in [0.1, 0.15) is 36.8 Å². The van der Waals surface area contributed by atoms with Crippen LogP contribution in [0.25, 0.3) is 0 Å². The van der Waals surface area contributed by atoms with E-state index in [-0.39, 0.29) is 6.04 Å². The monoisotopic (exact) mass is 274 g/mol. The molecule has 20 heavy (non-hydrogen) atoms. The number of aryl methyl sites for hydroxylation is 2. The Morgan fingerprint density at radius 2 is 2.10 bits per heavy atom. The highest BCUT2D eigenvalue weighted by atomic mass is 16.5. The second-order valence-electron chi connectivity index (χ2n) is 4.64. The highest BCUT2D eigenvalue weighted by Crippen LogP contribution is 2.29. The summed E-state index contributed by atoms with van der Waals surface area (Å²) in [4.78, 5) is 4.39. The maximum Gasteiger partial charge on any atom is 0.161 e. The molecule has 1 N–H and O–H groups in total. The summed E-state index contributed by atoms with van der Waals surface area (Å²) >= 11 is 0. The largest absolute Gasteiger partial charge is 0.493 e. The summed E-state index contributed by atoms with van der Waals surface area (Å²) in [7, 11) is 1.68. The van der Waals surface area contributed by atoms with E-state index in [0.717, 1.165) is 35.8 Å². The van der Waals surface area contributed by atoms with Crippen molar-refractivity contribution in [1.82, 2.24) is 20.1 Å². The van der Waals surface area contributed by atoms with Gasteiger partial charge in [0.05, 0.1) is 19.3 Å². The Labute approximate surface area is 120 Å². The van der Waals surface area contributed by atoms with Crippen LogP contribution in [0, 0.1) is 6.92 Å². The number of nitrogens with zero attached hydrogens (tertiary/aromatic N) is 3. The number of pyridine rings is 1. The van der Waals surface area contributed by atoms with Gasteiger partial charge in [-0.2, -0.15) is 5.10 Å². The van der Waals surface area contributed by atoms with Crippen molar-refractivity contribution in [3.05, 3.63) is 41.5 Å². The van der Waals surface area contributed by atoms with Gasteiger partial charge in [-0.1, -0.05) is 13.0 Å². The smallest absolute Gasteiger partial charge is 0.161 e. The first-order chi connectivity index (χ1) is 9.71. The third kappa shape index (κ3) is 2.82. The van der Waals surface area contributed by atoms with Crippen LogP contribution < -0.4 is 10.1 Å².